The van der Waals surface area contributed by atoms with Gasteiger partial charge in [0, 0.05) is 25.7 Å². The number of phosphoric ester groups is 1. The minimum absolute atomic E-state index is 0.00908. The Morgan fingerprint density at radius 2 is 0.686 bits per heavy atom. The monoisotopic (exact) mass is 1710 g/mol. The molecule has 0 spiro atoms. The van der Waals surface area contributed by atoms with Crippen LogP contribution in [0.2, 0.25) is 0 Å². The number of aliphatic hydroxyl groups excluding tert-OH is 9. The molecule has 3 aliphatic rings. The molecule has 19 unspecified atom stereocenters. The van der Waals surface area contributed by atoms with Crippen molar-refractivity contribution in [3.63, 3.8) is 0 Å². The number of aliphatic hydroxyl groups is 9. The van der Waals surface area contributed by atoms with Crippen molar-refractivity contribution in [2.45, 2.75) is 505 Å². The molecule has 692 valence electrons. The van der Waals surface area contributed by atoms with E-state index in [0.29, 0.717) is 38.0 Å². The zero-order valence-corrected chi connectivity index (χ0v) is 74.8. The second-order valence-corrected chi connectivity index (χ2v) is 35.6. The molecular weight excluding hydrogens is 1540 g/mol. The number of hydrogen-bond acceptors (Lipinski definition) is 24. The lowest BCUT2D eigenvalue weighted by molar-refractivity contribution is -0.360. The van der Waals surface area contributed by atoms with Crippen LogP contribution in [0.15, 0.2) is 24.3 Å². The van der Waals surface area contributed by atoms with Gasteiger partial charge in [-0.05, 0) is 83.0 Å². The van der Waals surface area contributed by atoms with Crippen LogP contribution in [-0.2, 0) is 70.7 Å². The lowest BCUT2D eigenvalue weighted by Gasteiger charge is -2.50. The highest BCUT2D eigenvalue weighted by Crippen LogP contribution is 2.49. The van der Waals surface area contributed by atoms with Crippen LogP contribution in [-0.4, -0.2) is 205 Å². The molecule has 1 saturated carbocycles. The fraction of sp³-hybridized carbons (Fsp3) is 0.913. The van der Waals surface area contributed by atoms with E-state index in [1.807, 2.05) is 0 Å². The Balaban J connectivity index is 1.93. The Bertz CT molecular complexity index is 2570. The van der Waals surface area contributed by atoms with Gasteiger partial charge in [0.25, 0.3) is 0 Å². The summed E-state index contributed by atoms with van der Waals surface area (Å²) < 4.78 is 73.5. The first-order valence-corrected chi connectivity index (χ1v) is 49.0. The molecule has 2 aliphatic heterocycles. The number of esters is 4. The maximum absolute atomic E-state index is 14.9. The average molecular weight is 1710 g/mol. The van der Waals surface area contributed by atoms with Crippen LogP contribution < -0.4 is 0 Å². The van der Waals surface area contributed by atoms with E-state index in [9.17, 15) is 74.6 Å². The summed E-state index contributed by atoms with van der Waals surface area (Å²) in [5.74, 6) is -2.32. The molecule has 1 aliphatic carbocycles. The van der Waals surface area contributed by atoms with Crippen molar-refractivity contribution in [3.8, 4) is 0 Å². The predicted molar refractivity (Wildman–Crippen MR) is 458 cm³/mol. The van der Waals surface area contributed by atoms with E-state index >= 15 is 0 Å². The smallest absolute Gasteiger partial charge is 0.463 e. The Hall–Kier alpha value is -3.05. The Labute approximate surface area is 711 Å². The van der Waals surface area contributed by atoms with Gasteiger partial charge in [-0.2, -0.15) is 0 Å². The van der Waals surface area contributed by atoms with Gasteiger partial charge in [-0.3, -0.25) is 28.2 Å². The van der Waals surface area contributed by atoms with Crippen molar-refractivity contribution in [2.24, 2.45) is 5.92 Å². The van der Waals surface area contributed by atoms with Gasteiger partial charge in [-0.15, -0.1) is 0 Å². The third-order valence-corrected chi connectivity index (χ3v) is 24.3. The van der Waals surface area contributed by atoms with Crippen LogP contribution >= 0.6 is 7.82 Å². The van der Waals surface area contributed by atoms with Crippen molar-refractivity contribution in [2.75, 3.05) is 26.4 Å². The quantitative estimate of drug-likeness (QED) is 0.00889. The summed E-state index contributed by atoms with van der Waals surface area (Å²) in [5.41, 5.74) is 0. The summed E-state index contributed by atoms with van der Waals surface area (Å²) in [5, 5.41) is 102. The summed E-state index contributed by atoms with van der Waals surface area (Å²) in [7, 11) is -5.81. The van der Waals surface area contributed by atoms with E-state index < -0.39 is 162 Å². The van der Waals surface area contributed by atoms with Gasteiger partial charge in [-0.1, -0.05) is 322 Å². The average Bonchev–Trinajstić information content (AvgIpc) is 0.754. The van der Waals surface area contributed by atoms with Crippen LogP contribution in [0.25, 0.3) is 0 Å². The molecule has 26 heteroatoms. The molecule has 0 amide bonds. The van der Waals surface area contributed by atoms with Gasteiger partial charge in [0.2, 0.25) is 0 Å². The van der Waals surface area contributed by atoms with Crippen molar-refractivity contribution in [3.05, 3.63) is 24.3 Å². The van der Waals surface area contributed by atoms with E-state index in [1.165, 1.54) is 161 Å². The second kappa shape index (κ2) is 70.2. The molecule has 3 rings (SSSR count). The molecule has 25 nitrogen and oxygen atoms in total. The minimum Gasteiger partial charge on any atom is -0.463 e. The van der Waals surface area contributed by atoms with Crippen molar-refractivity contribution >= 4 is 31.7 Å². The number of ether oxygens (including phenoxy) is 8. The topological polar surface area (TPSA) is 380 Å². The SMILES string of the molecule is CCCCCC/C=C\CCCCCCCCCC(=O)OCC1OC(OC2C(OC(=O)CCCCCCCCCCCCCCCCC)C(O)C(O)C(OC3OC(CO)C(O)C(O)C3O)C2OP(=O)(O)OCC(COC(=O)CCCCC/C=C\CCCCCCCC)OC(=O)CCCCCCCCC(C)CCCCCCCC)C(O)C(O)C1O. The van der Waals surface area contributed by atoms with Crippen molar-refractivity contribution < 1.29 is 122 Å². The van der Waals surface area contributed by atoms with Crippen molar-refractivity contribution in [1.82, 2.24) is 0 Å². The fourth-order valence-electron chi connectivity index (χ4n) is 15.7. The first-order valence-electron chi connectivity index (χ1n) is 47.5. The molecule has 3 fully saturated rings. The van der Waals surface area contributed by atoms with Gasteiger partial charge < -0.3 is 88.7 Å². The third-order valence-electron chi connectivity index (χ3n) is 23.3. The first kappa shape index (κ1) is 109. The third kappa shape index (κ3) is 50.2. The number of phosphoric acid groups is 1. The summed E-state index contributed by atoms with van der Waals surface area (Å²) in [4.78, 5) is 66.5. The zero-order valence-electron chi connectivity index (χ0n) is 73.9. The summed E-state index contributed by atoms with van der Waals surface area (Å²) in [6.45, 7) is 7.89. The number of carbonyl (C=O) groups is 4. The molecule has 0 aromatic rings. The molecule has 0 bridgehead atoms. The number of hydrogen-bond donors (Lipinski definition) is 10. The highest BCUT2D eigenvalue weighted by Gasteiger charge is 2.60. The molecular formula is C92H169O25P. The van der Waals surface area contributed by atoms with E-state index in [-0.39, 0.29) is 25.7 Å². The largest absolute Gasteiger partial charge is 0.472 e. The lowest BCUT2D eigenvalue weighted by atomic mass is 9.84. The second-order valence-electron chi connectivity index (χ2n) is 34.1. The minimum atomic E-state index is -5.81. The Kier molecular flexibility index (Phi) is 64.9. The van der Waals surface area contributed by atoms with Gasteiger partial charge >= 0.3 is 31.7 Å². The van der Waals surface area contributed by atoms with E-state index in [2.05, 4.69) is 58.9 Å². The number of allylic oxidation sites excluding steroid dienone is 4. The summed E-state index contributed by atoms with van der Waals surface area (Å²) >= 11 is 0. The normalized spacial score (nSPS) is 25.3. The maximum atomic E-state index is 14.9. The number of carbonyl (C=O) groups excluding carboxylic acids is 4. The summed E-state index contributed by atoms with van der Waals surface area (Å²) in [6, 6.07) is 0. The molecule has 10 N–H and O–H groups in total. The Morgan fingerprint density at radius 3 is 1.11 bits per heavy atom. The van der Waals surface area contributed by atoms with Crippen LogP contribution in [0.1, 0.15) is 401 Å². The van der Waals surface area contributed by atoms with Gasteiger partial charge in [0.15, 0.2) is 24.8 Å². The summed E-state index contributed by atoms with van der Waals surface area (Å²) in [6.07, 6.45) is 28.9. The van der Waals surface area contributed by atoms with Gasteiger partial charge in [0.1, 0.15) is 92.6 Å². The number of rotatable bonds is 76. The first-order chi connectivity index (χ1) is 57.1. The molecule has 19 atom stereocenters. The predicted octanol–water partition coefficient (Wildman–Crippen LogP) is 17.6. The standard InChI is InChI=1S/C92H169O25P/c1-6-10-14-18-22-25-28-31-33-36-39-42-45-52-58-64-76(95)109-70-74-80(99)82(101)86(105)92(113-74)116-89-87(114-78(97)66-60-53-46-43-40-37-34-32-29-26-23-19-15-11-7-2)83(102)84(103)88(115-91-85(104)81(100)79(98)73(67-93)112-91)90(89)117-118(106,107)110-69-72(68-108-75(94)63-57-51-44-41-38-35-30-27-24-20-16-12-8-3)111-77(96)65-59-54-48-47-50-56-62-71(5)61-55-49-21-17-13-9-4/h25,28,35,38,71-74,79-93,98-105H,6-24,26-27,29-34,36-37,39-70H2,1-5H3,(H,106,107)/b28-25-,38-35-. The highest BCUT2D eigenvalue weighted by molar-refractivity contribution is 7.47. The molecule has 0 aromatic heterocycles. The van der Waals surface area contributed by atoms with E-state index in [4.69, 9.17) is 46.9 Å². The molecule has 0 radical (unpaired) electrons. The lowest BCUT2D eigenvalue weighted by Crippen LogP contribution is -2.70. The van der Waals surface area contributed by atoms with Crippen LogP contribution in [0, 0.1) is 5.92 Å². The van der Waals surface area contributed by atoms with Crippen LogP contribution in [0.3, 0.4) is 0 Å². The van der Waals surface area contributed by atoms with Crippen LogP contribution in [0.5, 0.6) is 0 Å². The van der Waals surface area contributed by atoms with E-state index in [0.717, 1.165) is 148 Å². The molecule has 2 saturated heterocycles. The molecule has 2 heterocycles. The zero-order chi connectivity index (χ0) is 86.2. The van der Waals surface area contributed by atoms with Crippen molar-refractivity contribution in [1.29, 1.82) is 0 Å². The number of unbranched alkanes of at least 4 members (excludes halogenated alkanes) is 44. The van der Waals surface area contributed by atoms with Gasteiger partial charge in [0.05, 0.1) is 13.2 Å². The van der Waals surface area contributed by atoms with Gasteiger partial charge in [-0.25, -0.2) is 4.57 Å². The maximum Gasteiger partial charge on any atom is 0.472 e. The van der Waals surface area contributed by atoms with E-state index in [1.54, 1.807) is 0 Å². The molecule has 0 aromatic carbocycles. The Morgan fingerprint density at radius 1 is 0.356 bits per heavy atom. The molecule has 118 heavy (non-hydrogen) atoms. The fourth-order valence-corrected chi connectivity index (χ4v) is 16.6. The van der Waals surface area contributed by atoms with Crippen LogP contribution in [0.4, 0.5) is 0 Å². The highest BCUT2D eigenvalue weighted by atomic mass is 31.2.